The monoisotopic (exact) mass is 269 g/mol. The molecule has 0 bridgehead atoms. The topological polar surface area (TPSA) is 29.0 Å². The molecule has 1 aromatic carbocycles. The zero-order chi connectivity index (χ0) is 13.4. The molecule has 0 unspecified atom stereocenters. The van der Waals surface area contributed by atoms with Crippen LogP contribution in [0.5, 0.6) is 0 Å². The number of thiophene rings is 1. The molecule has 96 valence electrons. The van der Waals surface area contributed by atoms with E-state index in [0.717, 1.165) is 27.5 Å². The molecule has 3 aromatic rings. The fraction of sp³-hybridized carbons (Fsp3) is 0.200. The Bertz CT molecular complexity index is 716. The van der Waals surface area contributed by atoms with Gasteiger partial charge in [-0.3, -0.25) is 0 Å². The van der Waals surface area contributed by atoms with Crippen LogP contribution < -0.4 is 4.90 Å². The number of nitrogens with zero attached hydrogens (tertiary/aromatic N) is 3. The SMILES string of the molecule is Cc1ccc(N(C)c2nc(C)nc3ccsc23)cc1. The lowest BCUT2D eigenvalue weighted by molar-refractivity contribution is 1.05. The molecule has 3 nitrogen and oxygen atoms in total. The Kier molecular flexibility index (Phi) is 2.95. The normalized spacial score (nSPS) is 10.9. The van der Waals surface area contributed by atoms with Gasteiger partial charge in [-0.05, 0) is 37.4 Å². The molecule has 0 aliphatic rings. The first-order chi connectivity index (χ1) is 9.15. The van der Waals surface area contributed by atoms with E-state index in [9.17, 15) is 0 Å². The van der Waals surface area contributed by atoms with Crippen molar-refractivity contribution in [2.24, 2.45) is 0 Å². The van der Waals surface area contributed by atoms with Crippen molar-refractivity contribution in [3.63, 3.8) is 0 Å². The second-order valence-electron chi connectivity index (χ2n) is 4.62. The van der Waals surface area contributed by atoms with E-state index in [0.29, 0.717) is 0 Å². The summed E-state index contributed by atoms with van der Waals surface area (Å²) in [7, 11) is 2.05. The summed E-state index contributed by atoms with van der Waals surface area (Å²) in [4.78, 5) is 11.2. The number of benzene rings is 1. The molecular formula is C15H15N3S. The molecule has 2 aromatic heterocycles. The van der Waals surface area contributed by atoms with Gasteiger partial charge in [0.05, 0.1) is 10.2 Å². The van der Waals surface area contributed by atoms with Crippen molar-refractivity contribution >= 4 is 33.1 Å². The van der Waals surface area contributed by atoms with Gasteiger partial charge in [-0.15, -0.1) is 11.3 Å². The van der Waals surface area contributed by atoms with E-state index >= 15 is 0 Å². The van der Waals surface area contributed by atoms with Crippen LogP contribution in [0, 0.1) is 13.8 Å². The van der Waals surface area contributed by atoms with Crippen molar-refractivity contribution in [1.29, 1.82) is 0 Å². The first kappa shape index (κ1) is 12.1. The van der Waals surface area contributed by atoms with Crippen molar-refractivity contribution in [3.8, 4) is 0 Å². The highest BCUT2D eigenvalue weighted by atomic mass is 32.1. The predicted molar refractivity (Wildman–Crippen MR) is 81.4 cm³/mol. The second kappa shape index (κ2) is 4.63. The minimum Gasteiger partial charge on any atom is -0.328 e. The molecule has 2 heterocycles. The van der Waals surface area contributed by atoms with Crippen LogP contribution in [0.2, 0.25) is 0 Å². The first-order valence-corrected chi connectivity index (χ1v) is 7.05. The van der Waals surface area contributed by atoms with Gasteiger partial charge >= 0.3 is 0 Å². The Morgan fingerprint density at radius 2 is 1.74 bits per heavy atom. The van der Waals surface area contributed by atoms with Crippen LogP contribution in [0.25, 0.3) is 10.2 Å². The van der Waals surface area contributed by atoms with Crippen molar-refractivity contribution in [1.82, 2.24) is 9.97 Å². The second-order valence-corrected chi connectivity index (χ2v) is 5.54. The molecule has 0 saturated carbocycles. The number of anilines is 2. The molecule has 0 radical (unpaired) electrons. The van der Waals surface area contributed by atoms with E-state index in [4.69, 9.17) is 0 Å². The third-order valence-corrected chi connectivity index (χ3v) is 4.04. The van der Waals surface area contributed by atoms with Crippen molar-refractivity contribution in [2.45, 2.75) is 13.8 Å². The smallest absolute Gasteiger partial charge is 0.154 e. The van der Waals surface area contributed by atoms with Gasteiger partial charge in [-0.1, -0.05) is 17.7 Å². The third kappa shape index (κ3) is 2.19. The van der Waals surface area contributed by atoms with Gasteiger partial charge in [0.15, 0.2) is 5.82 Å². The maximum atomic E-state index is 4.60. The van der Waals surface area contributed by atoms with Gasteiger partial charge in [0.25, 0.3) is 0 Å². The van der Waals surface area contributed by atoms with Gasteiger partial charge in [0.1, 0.15) is 5.82 Å². The Labute approximate surface area is 116 Å². The zero-order valence-electron chi connectivity index (χ0n) is 11.2. The Morgan fingerprint density at radius 1 is 1.00 bits per heavy atom. The number of rotatable bonds is 2. The zero-order valence-corrected chi connectivity index (χ0v) is 12.0. The van der Waals surface area contributed by atoms with Gasteiger partial charge in [-0.25, -0.2) is 9.97 Å². The van der Waals surface area contributed by atoms with Gasteiger partial charge in [0, 0.05) is 12.7 Å². The van der Waals surface area contributed by atoms with E-state index in [-0.39, 0.29) is 0 Å². The van der Waals surface area contributed by atoms with Crippen molar-refractivity contribution in [3.05, 3.63) is 47.1 Å². The number of hydrogen-bond acceptors (Lipinski definition) is 4. The average Bonchev–Trinajstić information content (AvgIpc) is 2.85. The molecule has 0 saturated heterocycles. The van der Waals surface area contributed by atoms with E-state index in [1.54, 1.807) is 11.3 Å². The van der Waals surface area contributed by atoms with Crippen LogP contribution in [0.3, 0.4) is 0 Å². The predicted octanol–water partition coefficient (Wildman–Crippen LogP) is 4.08. The molecule has 0 aliphatic heterocycles. The minimum absolute atomic E-state index is 0.805. The lowest BCUT2D eigenvalue weighted by Gasteiger charge is -2.19. The summed E-state index contributed by atoms with van der Waals surface area (Å²) in [6, 6.07) is 10.5. The summed E-state index contributed by atoms with van der Waals surface area (Å²) < 4.78 is 1.13. The minimum atomic E-state index is 0.805. The van der Waals surface area contributed by atoms with Crippen molar-refractivity contribution < 1.29 is 0 Å². The molecule has 0 spiro atoms. The summed E-state index contributed by atoms with van der Waals surface area (Å²) in [5.74, 6) is 1.78. The van der Waals surface area contributed by atoms with Crippen LogP contribution in [0.1, 0.15) is 11.4 Å². The van der Waals surface area contributed by atoms with Crippen LogP contribution >= 0.6 is 11.3 Å². The molecule has 3 rings (SSSR count). The van der Waals surface area contributed by atoms with E-state index < -0.39 is 0 Å². The molecule has 0 atom stereocenters. The third-order valence-electron chi connectivity index (χ3n) is 3.14. The molecule has 0 aliphatic carbocycles. The Balaban J connectivity index is 2.12. The fourth-order valence-corrected chi connectivity index (χ4v) is 2.93. The molecule has 0 fully saturated rings. The summed E-state index contributed by atoms with van der Waals surface area (Å²) in [6.45, 7) is 4.03. The van der Waals surface area contributed by atoms with Gasteiger partial charge in [0.2, 0.25) is 0 Å². The van der Waals surface area contributed by atoms with E-state index in [1.807, 2.05) is 20.0 Å². The molecule has 0 N–H and O–H groups in total. The molecule has 0 amide bonds. The standard InChI is InChI=1S/C15H15N3S/c1-10-4-6-12(7-5-10)18(3)15-14-13(8-9-19-14)16-11(2)17-15/h4-9H,1-3H3. The van der Waals surface area contributed by atoms with Gasteiger partial charge < -0.3 is 4.90 Å². The Hall–Kier alpha value is -1.94. The van der Waals surface area contributed by atoms with Crippen LogP contribution in [-0.4, -0.2) is 17.0 Å². The maximum absolute atomic E-state index is 4.60. The highest BCUT2D eigenvalue weighted by Crippen LogP contribution is 2.32. The van der Waals surface area contributed by atoms with Crippen LogP contribution in [0.4, 0.5) is 11.5 Å². The van der Waals surface area contributed by atoms with Crippen molar-refractivity contribution in [2.75, 3.05) is 11.9 Å². The van der Waals surface area contributed by atoms with E-state index in [2.05, 4.69) is 51.4 Å². The maximum Gasteiger partial charge on any atom is 0.154 e. The summed E-state index contributed by atoms with van der Waals surface area (Å²) in [5, 5.41) is 2.06. The largest absolute Gasteiger partial charge is 0.328 e. The van der Waals surface area contributed by atoms with Crippen LogP contribution in [0.15, 0.2) is 35.7 Å². The number of hydrogen-bond donors (Lipinski definition) is 0. The molecule has 4 heteroatoms. The Morgan fingerprint density at radius 3 is 2.47 bits per heavy atom. The van der Waals surface area contributed by atoms with Gasteiger partial charge in [-0.2, -0.15) is 0 Å². The average molecular weight is 269 g/mol. The molecule has 19 heavy (non-hydrogen) atoms. The van der Waals surface area contributed by atoms with E-state index in [1.165, 1.54) is 5.56 Å². The summed E-state index contributed by atoms with van der Waals surface area (Å²) in [5.41, 5.74) is 3.42. The van der Waals surface area contributed by atoms with Crippen LogP contribution in [-0.2, 0) is 0 Å². The quantitative estimate of drug-likeness (QED) is 0.702. The number of fused-ring (bicyclic) bond motifs is 1. The highest BCUT2D eigenvalue weighted by molar-refractivity contribution is 7.17. The first-order valence-electron chi connectivity index (χ1n) is 6.17. The summed E-state index contributed by atoms with van der Waals surface area (Å²) in [6.07, 6.45) is 0. The fourth-order valence-electron chi connectivity index (χ4n) is 2.08. The number of aromatic nitrogens is 2. The lowest BCUT2D eigenvalue weighted by Crippen LogP contribution is -2.12. The highest BCUT2D eigenvalue weighted by Gasteiger charge is 2.12. The molecular weight excluding hydrogens is 254 g/mol. The lowest BCUT2D eigenvalue weighted by atomic mass is 10.2. The number of aryl methyl sites for hydroxylation is 2. The summed E-state index contributed by atoms with van der Waals surface area (Å²) >= 11 is 1.68.